The average Bonchev–Trinajstić information content (AvgIpc) is 2.36. The summed E-state index contributed by atoms with van der Waals surface area (Å²) in [7, 11) is 0. The number of terminal acetylenes is 1. The van der Waals surface area contributed by atoms with Gasteiger partial charge in [-0.2, -0.15) is 0 Å². The lowest BCUT2D eigenvalue weighted by Gasteiger charge is -2.21. The third kappa shape index (κ3) is 1.99. The third-order valence-electron chi connectivity index (χ3n) is 3.10. The van der Waals surface area contributed by atoms with Crippen molar-refractivity contribution in [3.8, 4) is 12.3 Å². The summed E-state index contributed by atoms with van der Waals surface area (Å²) < 4.78 is 0. The Morgan fingerprint density at radius 2 is 2.27 bits per heavy atom. The Morgan fingerprint density at radius 1 is 1.55 bits per heavy atom. The van der Waals surface area contributed by atoms with E-state index in [-0.39, 0.29) is 0 Å². The molecule has 0 aromatic carbocycles. The largest absolute Gasteiger partial charge is 0.120 e. The van der Waals surface area contributed by atoms with Crippen LogP contribution in [-0.4, -0.2) is 0 Å². The van der Waals surface area contributed by atoms with E-state index in [0.29, 0.717) is 0 Å². The summed E-state index contributed by atoms with van der Waals surface area (Å²) in [6, 6.07) is 0. The minimum Gasteiger partial charge on any atom is -0.120 e. The van der Waals surface area contributed by atoms with E-state index in [9.17, 15) is 0 Å². The minimum atomic E-state index is 0.748. The van der Waals surface area contributed by atoms with Crippen LogP contribution in [0.15, 0.2) is 0 Å². The van der Waals surface area contributed by atoms with Gasteiger partial charge in [0.2, 0.25) is 0 Å². The zero-order chi connectivity index (χ0) is 8.27. The number of rotatable bonds is 2. The van der Waals surface area contributed by atoms with Crippen LogP contribution in [0.1, 0.15) is 39.5 Å². The van der Waals surface area contributed by atoms with Crippen molar-refractivity contribution in [2.24, 2.45) is 17.8 Å². The molecule has 1 aliphatic carbocycles. The maximum Gasteiger partial charge on any atom is 0.0114 e. The van der Waals surface area contributed by atoms with Crippen LogP contribution in [0.25, 0.3) is 0 Å². The Labute approximate surface area is 70.4 Å². The lowest BCUT2D eigenvalue weighted by molar-refractivity contribution is 0.299. The van der Waals surface area contributed by atoms with Gasteiger partial charge in [-0.3, -0.25) is 0 Å². The quantitative estimate of drug-likeness (QED) is 0.531. The van der Waals surface area contributed by atoms with Crippen molar-refractivity contribution < 1.29 is 0 Å². The van der Waals surface area contributed by atoms with E-state index < -0.39 is 0 Å². The Balaban J connectivity index is 2.40. The van der Waals surface area contributed by atoms with Gasteiger partial charge in [-0.15, -0.1) is 12.3 Å². The second-order valence-electron chi connectivity index (χ2n) is 3.96. The fourth-order valence-corrected chi connectivity index (χ4v) is 2.36. The molecule has 0 amide bonds. The molecule has 1 fully saturated rings. The minimum absolute atomic E-state index is 0.748. The highest BCUT2D eigenvalue weighted by Crippen LogP contribution is 2.37. The van der Waals surface area contributed by atoms with Gasteiger partial charge in [0.1, 0.15) is 0 Å². The highest BCUT2D eigenvalue weighted by molar-refractivity contribution is 4.89. The van der Waals surface area contributed by atoms with Crippen molar-refractivity contribution in [2.75, 3.05) is 0 Å². The summed E-state index contributed by atoms with van der Waals surface area (Å²) in [6.45, 7) is 4.66. The first-order valence-electron chi connectivity index (χ1n) is 4.69. The monoisotopic (exact) mass is 150 g/mol. The van der Waals surface area contributed by atoms with Crippen LogP contribution >= 0.6 is 0 Å². The predicted octanol–water partition coefficient (Wildman–Crippen LogP) is 3.08. The predicted molar refractivity (Wildman–Crippen MR) is 49.1 cm³/mol. The summed E-state index contributed by atoms with van der Waals surface area (Å²) in [5.74, 6) is 5.34. The fraction of sp³-hybridized carbons (Fsp3) is 0.818. The number of hydrogen-bond donors (Lipinski definition) is 0. The Hall–Kier alpha value is -0.440. The molecule has 3 atom stereocenters. The summed E-state index contributed by atoms with van der Waals surface area (Å²) in [5.41, 5.74) is 0. The highest BCUT2D eigenvalue weighted by Gasteiger charge is 2.27. The van der Waals surface area contributed by atoms with Gasteiger partial charge in [-0.25, -0.2) is 0 Å². The summed E-state index contributed by atoms with van der Waals surface area (Å²) in [4.78, 5) is 0. The molecule has 1 unspecified atom stereocenters. The first kappa shape index (κ1) is 8.65. The van der Waals surface area contributed by atoms with E-state index >= 15 is 0 Å². The molecule has 1 aliphatic rings. The van der Waals surface area contributed by atoms with Crippen LogP contribution in [0.2, 0.25) is 0 Å². The molecule has 0 heteroatoms. The van der Waals surface area contributed by atoms with E-state index in [1.807, 2.05) is 0 Å². The van der Waals surface area contributed by atoms with Crippen LogP contribution in [-0.2, 0) is 0 Å². The molecule has 0 aromatic heterocycles. The van der Waals surface area contributed by atoms with Crippen LogP contribution in [0.5, 0.6) is 0 Å². The van der Waals surface area contributed by atoms with Gasteiger partial charge in [0.05, 0.1) is 0 Å². The Kier molecular flexibility index (Phi) is 3.00. The molecule has 1 rings (SSSR count). The molecule has 0 aromatic rings. The molecule has 62 valence electrons. The molecule has 0 saturated heterocycles. The third-order valence-corrected chi connectivity index (χ3v) is 3.10. The normalized spacial score (nSPS) is 33.2. The maximum atomic E-state index is 5.29. The van der Waals surface area contributed by atoms with Crippen LogP contribution in [0, 0.1) is 30.1 Å². The van der Waals surface area contributed by atoms with Crippen molar-refractivity contribution in [1.82, 2.24) is 0 Å². The molecule has 0 aliphatic heterocycles. The molecule has 0 N–H and O–H groups in total. The van der Waals surface area contributed by atoms with Crippen LogP contribution in [0.3, 0.4) is 0 Å². The molecule has 0 heterocycles. The first-order valence-corrected chi connectivity index (χ1v) is 4.69. The SMILES string of the molecule is C#CCC(C)[C@H]1CCC[C@H]1C. The van der Waals surface area contributed by atoms with Gasteiger partial charge >= 0.3 is 0 Å². The molecular weight excluding hydrogens is 132 g/mol. The van der Waals surface area contributed by atoms with E-state index in [1.54, 1.807) is 0 Å². The summed E-state index contributed by atoms with van der Waals surface area (Å²) >= 11 is 0. The van der Waals surface area contributed by atoms with Crippen molar-refractivity contribution in [3.05, 3.63) is 0 Å². The van der Waals surface area contributed by atoms with Crippen molar-refractivity contribution in [2.45, 2.75) is 39.5 Å². The molecule has 1 saturated carbocycles. The lowest BCUT2D eigenvalue weighted by atomic mass is 9.84. The van der Waals surface area contributed by atoms with Gasteiger partial charge in [0.15, 0.2) is 0 Å². The standard InChI is InChI=1S/C11H18/c1-4-6-9(2)11-8-5-7-10(11)3/h1,9-11H,5-8H2,2-3H3/t9?,10-,11-/m1/s1. The second kappa shape index (κ2) is 3.81. The Morgan fingerprint density at radius 3 is 2.73 bits per heavy atom. The van der Waals surface area contributed by atoms with Crippen molar-refractivity contribution in [1.29, 1.82) is 0 Å². The molecule has 0 spiro atoms. The maximum absolute atomic E-state index is 5.29. The topological polar surface area (TPSA) is 0 Å². The van der Waals surface area contributed by atoms with E-state index in [0.717, 1.165) is 24.2 Å². The van der Waals surface area contributed by atoms with Gasteiger partial charge in [-0.05, 0) is 24.2 Å². The van der Waals surface area contributed by atoms with E-state index in [4.69, 9.17) is 6.42 Å². The lowest BCUT2D eigenvalue weighted by Crippen LogP contribution is -2.13. The average molecular weight is 150 g/mol. The highest BCUT2D eigenvalue weighted by atomic mass is 14.3. The summed E-state index contributed by atoms with van der Waals surface area (Å²) in [5, 5.41) is 0. The van der Waals surface area contributed by atoms with Crippen molar-refractivity contribution in [3.63, 3.8) is 0 Å². The Bertz CT molecular complexity index is 152. The molecule has 0 bridgehead atoms. The smallest absolute Gasteiger partial charge is 0.0114 e. The van der Waals surface area contributed by atoms with Crippen molar-refractivity contribution >= 4 is 0 Å². The summed E-state index contributed by atoms with van der Waals surface area (Å²) in [6.07, 6.45) is 10.5. The fourth-order valence-electron chi connectivity index (χ4n) is 2.36. The van der Waals surface area contributed by atoms with Crippen LogP contribution in [0.4, 0.5) is 0 Å². The zero-order valence-electron chi connectivity index (χ0n) is 7.64. The van der Waals surface area contributed by atoms with Gasteiger partial charge < -0.3 is 0 Å². The van der Waals surface area contributed by atoms with Crippen LogP contribution < -0.4 is 0 Å². The molecule has 0 nitrogen and oxygen atoms in total. The van der Waals surface area contributed by atoms with E-state index in [1.165, 1.54) is 19.3 Å². The van der Waals surface area contributed by atoms with Gasteiger partial charge in [-0.1, -0.05) is 26.7 Å². The molecular formula is C11H18. The molecule has 0 radical (unpaired) electrons. The number of hydrogen-bond acceptors (Lipinski definition) is 0. The molecule has 11 heavy (non-hydrogen) atoms. The van der Waals surface area contributed by atoms with Gasteiger partial charge in [0, 0.05) is 6.42 Å². The van der Waals surface area contributed by atoms with Gasteiger partial charge in [0.25, 0.3) is 0 Å². The second-order valence-corrected chi connectivity index (χ2v) is 3.96. The first-order chi connectivity index (χ1) is 5.25. The zero-order valence-corrected chi connectivity index (χ0v) is 7.64. The van der Waals surface area contributed by atoms with E-state index in [2.05, 4.69) is 19.8 Å².